The molecule has 1 saturated heterocycles. The van der Waals surface area contributed by atoms with Crippen LogP contribution < -0.4 is 5.32 Å². The highest BCUT2D eigenvalue weighted by Crippen LogP contribution is 2.13. The largest absolute Gasteiger partial charge is 0.313 e. The Kier molecular flexibility index (Phi) is 4.56. The van der Waals surface area contributed by atoms with E-state index in [1.807, 2.05) is 6.07 Å². The van der Waals surface area contributed by atoms with Crippen LogP contribution in [-0.2, 0) is 6.54 Å². The lowest BCUT2D eigenvalue weighted by molar-refractivity contribution is 0.331. The first kappa shape index (κ1) is 13.5. The summed E-state index contributed by atoms with van der Waals surface area (Å²) in [5.74, 6) is 0. The van der Waals surface area contributed by atoms with E-state index < -0.39 is 0 Å². The fourth-order valence-corrected chi connectivity index (χ4v) is 2.85. The molecule has 0 atom stereocenters. The molecule has 0 spiro atoms. The fraction of sp³-hybridized carbons (Fsp3) is 0.500. The standard InChI is InChI=1S/C16H22N4/c1-2-11-20(10-1)12-4-7-17-13-14-5-3-6-15-16(14)19-9-8-18-15/h3,5-6,8-9,17H,1-2,4,7,10-13H2. The summed E-state index contributed by atoms with van der Waals surface area (Å²) in [4.78, 5) is 11.3. The lowest BCUT2D eigenvalue weighted by Crippen LogP contribution is -2.24. The molecule has 2 heterocycles. The van der Waals surface area contributed by atoms with E-state index in [-0.39, 0.29) is 0 Å². The predicted octanol–water partition coefficient (Wildman–Crippen LogP) is 2.21. The van der Waals surface area contributed by atoms with Gasteiger partial charge in [-0.1, -0.05) is 12.1 Å². The molecule has 106 valence electrons. The molecule has 1 aromatic carbocycles. The lowest BCUT2D eigenvalue weighted by atomic mass is 10.1. The molecule has 2 aromatic rings. The monoisotopic (exact) mass is 270 g/mol. The first-order valence-electron chi connectivity index (χ1n) is 7.55. The Morgan fingerprint density at radius 1 is 1.10 bits per heavy atom. The van der Waals surface area contributed by atoms with Crippen molar-refractivity contribution in [3.63, 3.8) is 0 Å². The molecule has 0 saturated carbocycles. The number of hydrogen-bond acceptors (Lipinski definition) is 4. The highest BCUT2D eigenvalue weighted by molar-refractivity contribution is 5.77. The van der Waals surface area contributed by atoms with E-state index in [4.69, 9.17) is 0 Å². The van der Waals surface area contributed by atoms with Crippen LogP contribution in [0.4, 0.5) is 0 Å². The van der Waals surface area contributed by atoms with Crippen LogP contribution in [0.3, 0.4) is 0 Å². The fourth-order valence-electron chi connectivity index (χ4n) is 2.85. The number of rotatable bonds is 6. The molecule has 1 fully saturated rings. The Balaban J connectivity index is 1.47. The molecule has 1 aliphatic rings. The minimum absolute atomic E-state index is 0.871. The van der Waals surface area contributed by atoms with E-state index in [1.54, 1.807) is 12.4 Å². The molecule has 1 aromatic heterocycles. The summed E-state index contributed by atoms with van der Waals surface area (Å²) in [5, 5.41) is 3.52. The number of fused-ring (bicyclic) bond motifs is 1. The zero-order chi connectivity index (χ0) is 13.6. The van der Waals surface area contributed by atoms with Gasteiger partial charge in [-0.05, 0) is 57.1 Å². The van der Waals surface area contributed by atoms with Gasteiger partial charge in [0, 0.05) is 18.9 Å². The smallest absolute Gasteiger partial charge is 0.0931 e. The van der Waals surface area contributed by atoms with Gasteiger partial charge in [0.1, 0.15) is 0 Å². The topological polar surface area (TPSA) is 41.0 Å². The van der Waals surface area contributed by atoms with Crippen LogP contribution in [0, 0.1) is 0 Å². The quantitative estimate of drug-likeness (QED) is 0.817. The summed E-state index contributed by atoms with van der Waals surface area (Å²) in [5.41, 5.74) is 3.22. The Bertz CT molecular complexity index is 544. The van der Waals surface area contributed by atoms with Crippen LogP contribution in [0.2, 0.25) is 0 Å². The second-order valence-electron chi connectivity index (χ2n) is 5.42. The maximum absolute atomic E-state index is 4.43. The molecule has 0 amide bonds. The van der Waals surface area contributed by atoms with Crippen molar-refractivity contribution in [2.24, 2.45) is 0 Å². The maximum Gasteiger partial charge on any atom is 0.0931 e. The number of aromatic nitrogens is 2. The molecule has 4 heteroatoms. The van der Waals surface area contributed by atoms with E-state index in [9.17, 15) is 0 Å². The maximum atomic E-state index is 4.43. The van der Waals surface area contributed by atoms with Gasteiger partial charge in [0.25, 0.3) is 0 Å². The first-order chi connectivity index (χ1) is 9.93. The minimum atomic E-state index is 0.871. The van der Waals surface area contributed by atoms with Gasteiger partial charge in [-0.2, -0.15) is 0 Å². The van der Waals surface area contributed by atoms with Crippen molar-refractivity contribution < 1.29 is 0 Å². The van der Waals surface area contributed by atoms with Crippen molar-refractivity contribution >= 4 is 11.0 Å². The van der Waals surface area contributed by atoms with Crippen molar-refractivity contribution in [3.05, 3.63) is 36.2 Å². The Morgan fingerprint density at radius 2 is 1.95 bits per heavy atom. The van der Waals surface area contributed by atoms with Crippen LogP contribution in [0.25, 0.3) is 11.0 Å². The molecule has 0 aliphatic carbocycles. The number of likely N-dealkylation sites (tertiary alicyclic amines) is 1. The van der Waals surface area contributed by atoms with Gasteiger partial charge in [0.15, 0.2) is 0 Å². The number of hydrogen-bond donors (Lipinski definition) is 1. The summed E-state index contributed by atoms with van der Waals surface area (Å²) < 4.78 is 0. The zero-order valence-corrected chi connectivity index (χ0v) is 11.9. The average molecular weight is 270 g/mol. The van der Waals surface area contributed by atoms with E-state index in [0.717, 1.165) is 24.1 Å². The van der Waals surface area contributed by atoms with Gasteiger partial charge in [-0.15, -0.1) is 0 Å². The second-order valence-corrected chi connectivity index (χ2v) is 5.42. The minimum Gasteiger partial charge on any atom is -0.313 e. The van der Waals surface area contributed by atoms with Crippen molar-refractivity contribution in [2.45, 2.75) is 25.8 Å². The summed E-state index contributed by atoms with van der Waals surface area (Å²) in [6, 6.07) is 6.20. The Hall–Kier alpha value is -1.52. The molecular weight excluding hydrogens is 248 g/mol. The number of para-hydroxylation sites is 1. The molecular formula is C16H22N4. The predicted molar refractivity (Wildman–Crippen MR) is 81.5 cm³/mol. The highest BCUT2D eigenvalue weighted by atomic mass is 15.1. The summed E-state index contributed by atoms with van der Waals surface area (Å²) in [6.07, 6.45) is 7.48. The molecule has 0 unspecified atom stereocenters. The third kappa shape index (κ3) is 3.32. The average Bonchev–Trinajstić information content (AvgIpc) is 3.00. The van der Waals surface area contributed by atoms with Gasteiger partial charge in [0.05, 0.1) is 11.0 Å². The second kappa shape index (κ2) is 6.77. The van der Waals surface area contributed by atoms with Crippen molar-refractivity contribution in [1.82, 2.24) is 20.2 Å². The van der Waals surface area contributed by atoms with E-state index in [2.05, 4.69) is 32.3 Å². The number of nitrogens with one attached hydrogen (secondary N) is 1. The zero-order valence-electron chi connectivity index (χ0n) is 11.9. The van der Waals surface area contributed by atoms with Crippen LogP contribution >= 0.6 is 0 Å². The van der Waals surface area contributed by atoms with Gasteiger partial charge in [-0.3, -0.25) is 9.97 Å². The molecule has 20 heavy (non-hydrogen) atoms. The van der Waals surface area contributed by atoms with Crippen LogP contribution in [0.5, 0.6) is 0 Å². The van der Waals surface area contributed by atoms with Crippen LogP contribution in [-0.4, -0.2) is 41.0 Å². The normalized spacial score (nSPS) is 16.0. The Labute approximate surface area is 120 Å². The molecule has 4 nitrogen and oxygen atoms in total. The van der Waals surface area contributed by atoms with Gasteiger partial charge in [-0.25, -0.2) is 0 Å². The van der Waals surface area contributed by atoms with Gasteiger partial charge < -0.3 is 10.2 Å². The summed E-state index contributed by atoms with van der Waals surface area (Å²) in [7, 11) is 0. The van der Waals surface area contributed by atoms with Crippen LogP contribution in [0.15, 0.2) is 30.6 Å². The van der Waals surface area contributed by atoms with E-state index in [0.29, 0.717) is 0 Å². The molecule has 1 aliphatic heterocycles. The van der Waals surface area contributed by atoms with E-state index in [1.165, 1.54) is 44.5 Å². The van der Waals surface area contributed by atoms with Gasteiger partial charge >= 0.3 is 0 Å². The Morgan fingerprint density at radius 3 is 2.85 bits per heavy atom. The molecule has 3 rings (SSSR count). The van der Waals surface area contributed by atoms with Crippen LogP contribution in [0.1, 0.15) is 24.8 Å². The third-order valence-electron chi connectivity index (χ3n) is 3.92. The van der Waals surface area contributed by atoms with Crippen molar-refractivity contribution in [3.8, 4) is 0 Å². The highest BCUT2D eigenvalue weighted by Gasteiger charge is 2.10. The molecule has 1 N–H and O–H groups in total. The number of benzene rings is 1. The third-order valence-corrected chi connectivity index (χ3v) is 3.92. The van der Waals surface area contributed by atoms with Crippen molar-refractivity contribution in [2.75, 3.05) is 26.2 Å². The van der Waals surface area contributed by atoms with Gasteiger partial charge in [0.2, 0.25) is 0 Å². The SMILES string of the molecule is c1cc(CNCCCN2CCCC2)c2nccnc2c1. The number of nitrogens with zero attached hydrogens (tertiary/aromatic N) is 3. The summed E-state index contributed by atoms with van der Waals surface area (Å²) in [6.45, 7) is 5.74. The first-order valence-corrected chi connectivity index (χ1v) is 7.55. The van der Waals surface area contributed by atoms with Crippen molar-refractivity contribution in [1.29, 1.82) is 0 Å². The molecule has 0 radical (unpaired) electrons. The summed E-state index contributed by atoms with van der Waals surface area (Å²) >= 11 is 0. The molecule has 0 bridgehead atoms. The van der Waals surface area contributed by atoms with E-state index >= 15 is 0 Å². The lowest BCUT2D eigenvalue weighted by Gasteiger charge is -2.14.